The summed E-state index contributed by atoms with van der Waals surface area (Å²) in [5, 5.41) is 4.34. The minimum Gasteiger partial charge on any atom is -0.359 e. The van der Waals surface area contributed by atoms with E-state index in [0.29, 0.717) is 0 Å². The molecular weight excluding hydrogens is 232 g/mol. The minimum absolute atomic E-state index is 0.720. The molecule has 0 aliphatic rings. The second-order valence-corrected chi connectivity index (χ2v) is 5.23. The quantitative estimate of drug-likeness (QED) is 0.906. The molecule has 0 spiro atoms. The molecule has 0 radical (unpaired) electrons. The summed E-state index contributed by atoms with van der Waals surface area (Å²) in [7, 11) is 2.06. The average Bonchev–Trinajstić information content (AvgIpc) is 2.67. The molecule has 0 saturated heterocycles. The Morgan fingerprint density at radius 1 is 1.35 bits per heavy atom. The monoisotopic (exact) mass is 250 g/mol. The normalized spacial score (nSPS) is 10.8. The lowest BCUT2D eigenvalue weighted by molar-refractivity contribution is 0.939. The molecule has 17 heavy (non-hydrogen) atoms. The Kier molecular flexibility index (Phi) is 3.47. The molecule has 2 rings (SSSR count). The van der Waals surface area contributed by atoms with Crippen molar-refractivity contribution in [2.24, 2.45) is 0 Å². The highest BCUT2D eigenvalue weighted by Crippen LogP contribution is 2.31. The zero-order valence-electron chi connectivity index (χ0n) is 10.7. The van der Waals surface area contributed by atoms with Gasteiger partial charge >= 0.3 is 0 Å². The lowest BCUT2D eigenvalue weighted by Crippen LogP contribution is -2.18. The van der Waals surface area contributed by atoms with Gasteiger partial charge in [-0.1, -0.05) is 0 Å². The fourth-order valence-corrected chi connectivity index (χ4v) is 2.58. The van der Waals surface area contributed by atoms with Gasteiger partial charge in [0.2, 0.25) is 5.95 Å². The molecule has 0 atom stereocenters. The zero-order valence-corrected chi connectivity index (χ0v) is 11.6. The molecule has 0 bridgehead atoms. The summed E-state index contributed by atoms with van der Waals surface area (Å²) in [6.07, 6.45) is 0. The molecule has 5 heteroatoms. The first-order valence-electron chi connectivity index (χ1n) is 5.88. The topological polar surface area (TPSA) is 41.1 Å². The highest BCUT2D eigenvalue weighted by molar-refractivity contribution is 7.18. The van der Waals surface area contributed by atoms with Gasteiger partial charge in [0.05, 0.1) is 5.39 Å². The van der Waals surface area contributed by atoms with Crippen molar-refractivity contribution in [2.45, 2.75) is 20.8 Å². The maximum Gasteiger partial charge on any atom is 0.226 e. The van der Waals surface area contributed by atoms with Gasteiger partial charge < -0.3 is 10.2 Å². The largest absolute Gasteiger partial charge is 0.359 e. The van der Waals surface area contributed by atoms with Gasteiger partial charge in [-0.15, -0.1) is 11.3 Å². The number of aromatic nitrogens is 2. The maximum atomic E-state index is 4.59. The number of nitrogens with one attached hydrogen (secondary N) is 1. The van der Waals surface area contributed by atoms with E-state index in [1.165, 1.54) is 4.88 Å². The molecule has 0 saturated carbocycles. The van der Waals surface area contributed by atoms with Gasteiger partial charge in [0, 0.05) is 25.0 Å². The third kappa shape index (κ3) is 2.34. The third-order valence-electron chi connectivity index (χ3n) is 2.67. The molecule has 2 aromatic heterocycles. The molecule has 0 amide bonds. The molecule has 0 aliphatic carbocycles. The van der Waals surface area contributed by atoms with Gasteiger partial charge in [-0.2, -0.15) is 4.98 Å². The van der Waals surface area contributed by atoms with Crippen LogP contribution in [0.1, 0.15) is 18.7 Å². The van der Waals surface area contributed by atoms with Crippen LogP contribution in [0.2, 0.25) is 0 Å². The van der Waals surface area contributed by atoms with Gasteiger partial charge in [0.25, 0.3) is 0 Å². The first-order chi connectivity index (χ1) is 8.15. The second-order valence-electron chi connectivity index (χ2n) is 3.99. The minimum atomic E-state index is 0.720. The Bertz CT molecular complexity index is 520. The average molecular weight is 250 g/mol. The van der Waals surface area contributed by atoms with Gasteiger partial charge in [0.1, 0.15) is 10.6 Å². The Balaban J connectivity index is 2.59. The predicted octanol–water partition coefficient (Wildman–Crippen LogP) is 2.89. The number of thiophene rings is 1. The summed E-state index contributed by atoms with van der Waals surface area (Å²) >= 11 is 1.72. The number of hydrogen-bond acceptors (Lipinski definition) is 5. The standard InChI is InChI=1S/C12H18N4S/c1-5-13-12-14-10(16(4)6-2)9-7-8(3)17-11(9)15-12/h7H,5-6H2,1-4H3,(H,13,14,15). The highest BCUT2D eigenvalue weighted by atomic mass is 32.1. The molecular formula is C12H18N4S. The molecule has 0 aliphatic heterocycles. The Hall–Kier alpha value is -1.36. The van der Waals surface area contributed by atoms with Crippen molar-refractivity contribution >= 4 is 33.3 Å². The lowest BCUT2D eigenvalue weighted by Gasteiger charge is -2.17. The summed E-state index contributed by atoms with van der Waals surface area (Å²) in [6.45, 7) is 8.06. The van der Waals surface area contributed by atoms with Crippen molar-refractivity contribution in [3.05, 3.63) is 10.9 Å². The number of nitrogens with zero attached hydrogens (tertiary/aromatic N) is 3. The highest BCUT2D eigenvalue weighted by Gasteiger charge is 2.12. The van der Waals surface area contributed by atoms with Crippen LogP contribution in [0.5, 0.6) is 0 Å². The smallest absolute Gasteiger partial charge is 0.226 e. The summed E-state index contributed by atoms with van der Waals surface area (Å²) in [5.74, 6) is 1.73. The maximum absolute atomic E-state index is 4.59. The van der Waals surface area contributed by atoms with Crippen molar-refractivity contribution in [1.82, 2.24) is 9.97 Å². The first-order valence-corrected chi connectivity index (χ1v) is 6.70. The van der Waals surface area contributed by atoms with E-state index in [1.54, 1.807) is 11.3 Å². The van der Waals surface area contributed by atoms with Crippen LogP contribution in [0.15, 0.2) is 6.07 Å². The fourth-order valence-electron chi connectivity index (χ4n) is 1.70. The van der Waals surface area contributed by atoms with E-state index in [0.717, 1.165) is 35.1 Å². The molecule has 0 fully saturated rings. The summed E-state index contributed by atoms with van der Waals surface area (Å²) in [6, 6.07) is 2.16. The van der Waals surface area contributed by atoms with E-state index < -0.39 is 0 Å². The van der Waals surface area contributed by atoms with Gasteiger partial charge in [-0.25, -0.2) is 4.98 Å². The predicted molar refractivity (Wildman–Crippen MR) is 75.3 cm³/mol. The van der Waals surface area contributed by atoms with Gasteiger partial charge in [-0.05, 0) is 26.8 Å². The molecule has 2 aromatic rings. The second kappa shape index (κ2) is 4.87. The van der Waals surface area contributed by atoms with E-state index >= 15 is 0 Å². The van der Waals surface area contributed by atoms with Gasteiger partial charge in [-0.3, -0.25) is 0 Å². The van der Waals surface area contributed by atoms with Crippen LogP contribution in [0, 0.1) is 6.92 Å². The van der Waals surface area contributed by atoms with Crippen molar-refractivity contribution < 1.29 is 0 Å². The number of hydrogen-bond donors (Lipinski definition) is 1. The molecule has 2 heterocycles. The summed E-state index contributed by atoms with van der Waals surface area (Å²) in [5.41, 5.74) is 0. The lowest BCUT2D eigenvalue weighted by atomic mass is 10.3. The Morgan fingerprint density at radius 3 is 2.76 bits per heavy atom. The Labute approximate surface area is 106 Å². The third-order valence-corrected chi connectivity index (χ3v) is 3.61. The SMILES string of the molecule is CCNc1nc(N(C)CC)c2cc(C)sc2n1. The van der Waals surface area contributed by atoms with Crippen molar-refractivity contribution in [3.63, 3.8) is 0 Å². The van der Waals surface area contributed by atoms with E-state index in [4.69, 9.17) is 0 Å². The zero-order chi connectivity index (χ0) is 12.4. The van der Waals surface area contributed by atoms with E-state index in [2.05, 4.69) is 54.1 Å². The number of rotatable bonds is 4. The Morgan fingerprint density at radius 2 is 2.12 bits per heavy atom. The van der Waals surface area contributed by atoms with Crippen LogP contribution >= 0.6 is 11.3 Å². The van der Waals surface area contributed by atoms with Crippen LogP contribution < -0.4 is 10.2 Å². The fraction of sp³-hybridized carbons (Fsp3) is 0.500. The van der Waals surface area contributed by atoms with E-state index in [1.807, 2.05) is 0 Å². The summed E-state index contributed by atoms with van der Waals surface area (Å²) < 4.78 is 0. The van der Waals surface area contributed by atoms with Crippen LogP contribution in [0.4, 0.5) is 11.8 Å². The van der Waals surface area contributed by atoms with Crippen molar-refractivity contribution in [3.8, 4) is 0 Å². The molecule has 92 valence electrons. The number of anilines is 2. The van der Waals surface area contributed by atoms with Gasteiger partial charge in [0.15, 0.2) is 0 Å². The van der Waals surface area contributed by atoms with E-state index in [-0.39, 0.29) is 0 Å². The van der Waals surface area contributed by atoms with Crippen LogP contribution in [0.25, 0.3) is 10.2 Å². The molecule has 0 unspecified atom stereocenters. The van der Waals surface area contributed by atoms with Crippen LogP contribution in [-0.4, -0.2) is 30.1 Å². The molecule has 4 nitrogen and oxygen atoms in total. The number of fused-ring (bicyclic) bond motifs is 1. The van der Waals surface area contributed by atoms with E-state index in [9.17, 15) is 0 Å². The molecule has 1 N–H and O–H groups in total. The van der Waals surface area contributed by atoms with Crippen LogP contribution in [-0.2, 0) is 0 Å². The number of aryl methyl sites for hydroxylation is 1. The van der Waals surface area contributed by atoms with Crippen molar-refractivity contribution in [1.29, 1.82) is 0 Å². The summed E-state index contributed by atoms with van der Waals surface area (Å²) in [4.78, 5) is 13.6. The first kappa shape index (κ1) is 12.1. The van der Waals surface area contributed by atoms with Crippen molar-refractivity contribution in [2.75, 3.05) is 30.4 Å². The molecule has 0 aromatic carbocycles. The van der Waals surface area contributed by atoms with Crippen LogP contribution in [0.3, 0.4) is 0 Å².